The summed E-state index contributed by atoms with van der Waals surface area (Å²) < 4.78 is 57.2. The molecule has 3 aromatic rings. The molecule has 1 atom stereocenters. The number of benzene rings is 2. The van der Waals surface area contributed by atoms with Gasteiger partial charge in [-0.15, -0.1) is 10.2 Å². The molecule has 0 bridgehead atoms. The lowest BCUT2D eigenvalue weighted by atomic mass is 9.75. The molecule has 3 saturated heterocycles. The van der Waals surface area contributed by atoms with E-state index in [0.29, 0.717) is 56.4 Å². The highest BCUT2D eigenvalue weighted by atomic mass is 19.4. The molecule has 14 heteroatoms. The fourth-order valence-corrected chi connectivity index (χ4v) is 8.54. The Bertz CT molecular complexity index is 1880. The summed E-state index contributed by atoms with van der Waals surface area (Å²) in [6.45, 7) is 15.2. The van der Waals surface area contributed by atoms with E-state index in [9.17, 15) is 22.8 Å². The maximum absolute atomic E-state index is 14.7. The topological polar surface area (TPSA) is 96.3 Å². The van der Waals surface area contributed by atoms with Crippen LogP contribution in [0.4, 0.5) is 23.7 Å². The van der Waals surface area contributed by atoms with Crippen molar-refractivity contribution in [2.45, 2.75) is 89.7 Å². The van der Waals surface area contributed by atoms with Crippen LogP contribution in [0.2, 0.25) is 0 Å². The minimum atomic E-state index is -4.61. The number of alkyl halides is 3. The van der Waals surface area contributed by atoms with Gasteiger partial charge in [0, 0.05) is 74.9 Å². The molecule has 4 aliphatic heterocycles. The van der Waals surface area contributed by atoms with Crippen LogP contribution in [0.1, 0.15) is 85.9 Å². The number of likely N-dealkylation sites (tertiary alicyclic amines) is 1. The van der Waals surface area contributed by atoms with Crippen LogP contribution in [0, 0.1) is 5.92 Å². The van der Waals surface area contributed by atoms with Gasteiger partial charge in [0.1, 0.15) is 17.8 Å². The lowest BCUT2D eigenvalue weighted by Gasteiger charge is -2.49. The highest BCUT2D eigenvalue weighted by Gasteiger charge is 2.44. The minimum Gasteiger partial charge on any atom is -0.444 e. The first-order chi connectivity index (χ1) is 25.4. The van der Waals surface area contributed by atoms with E-state index in [1.54, 1.807) is 23.4 Å². The summed E-state index contributed by atoms with van der Waals surface area (Å²) in [5.41, 5.74) is 0.203. The van der Waals surface area contributed by atoms with Crippen LogP contribution in [0.5, 0.6) is 0 Å². The largest absolute Gasteiger partial charge is 0.444 e. The van der Waals surface area contributed by atoms with Gasteiger partial charge in [-0.25, -0.2) is 4.79 Å². The Labute approximate surface area is 315 Å². The number of halogens is 3. The van der Waals surface area contributed by atoms with Gasteiger partial charge in [-0.3, -0.25) is 14.6 Å². The summed E-state index contributed by atoms with van der Waals surface area (Å²) in [6, 6.07) is 10.4. The van der Waals surface area contributed by atoms with Gasteiger partial charge in [0.15, 0.2) is 0 Å². The summed E-state index contributed by atoms with van der Waals surface area (Å²) in [5, 5.41) is 8.25. The number of nitrogens with zero attached hydrogens (tertiary/aromatic N) is 7. The number of aryl methyl sites for hydroxylation is 1. The van der Waals surface area contributed by atoms with E-state index in [0.717, 1.165) is 50.4 Å². The van der Waals surface area contributed by atoms with Gasteiger partial charge < -0.3 is 23.8 Å². The van der Waals surface area contributed by atoms with E-state index in [4.69, 9.17) is 9.47 Å². The second kappa shape index (κ2) is 14.2. The number of amides is 2. The highest BCUT2D eigenvalue weighted by Crippen LogP contribution is 2.42. The lowest BCUT2D eigenvalue weighted by Crippen LogP contribution is -2.62. The number of carbonyl (C=O) groups excluding carboxylic acids is 2. The Hall–Kier alpha value is -4.01. The Morgan fingerprint density at radius 3 is 2.50 bits per heavy atom. The second-order valence-corrected chi connectivity index (χ2v) is 17.3. The standard InChI is InChI=1S/C40H52F3N7O4/c1-37(2,3)54-36(52)48-13-14-49(38(4,5)23-48)21-27-9-8-12-47(19-27)20-28-15-31-32(33(16-28)40(41,42)43)22-50(35(31)51)30-11-7-10-29(17-30)39(24-53-25-39)18-34-45-44-26-46(34)6/h7,10-11,15-17,26-27H,8-9,12-14,18-25H2,1-6H3/t27-/m0/s1. The molecular weight excluding hydrogens is 699 g/mol. The van der Waals surface area contributed by atoms with Crippen LogP contribution in [0.3, 0.4) is 0 Å². The van der Waals surface area contributed by atoms with Crippen LogP contribution in [0.15, 0.2) is 42.7 Å². The molecule has 7 rings (SSSR count). The van der Waals surface area contributed by atoms with Gasteiger partial charge in [0.2, 0.25) is 0 Å². The molecule has 0 aliphatic carbocycles. The number of fused-ring (bicyclic) bond motifs is 1. The molecular formula is C40H52F3N7O4. The molecule has 54 heavy (non-hydrogen) atoms. The number of rotatable bonds is 8. The van der Waals surface area contributed by atoms with Crippen LogP contribution in [-0.4, -0.2) is 105 Å². The molecule has 0 N–H and O–H groups in total. The van der Waals surface area contributed by atoms with Gasteiger partial charge in [0.05, 0.1) is 25.3 Å². The number of carbonyl (C=O) groups is 2. The molecule has 0 unspecified atom stereocenters. The van der Waals surface area contributed by atoms with E-state index < -0.39 is 23.2 Å². The Morgan fingerprint density at radius 2 is 1.85 bits per heavy atom. The van der Waals surface area contributed by atoms with Crippen molar-refractivity contribution in [3.05, 3.63) is 76.4 Å². The van der Waals surface area contributed by atoms with E-state index in [-0.39, 0.29) is 34.7 Å². The Balaban J connectivity index is 1.05. The number of hydrogen-bond acceptors (Lipinski definition) is 8. The third-order valence-electron chi connectivity index (χ3n) is 11.4. The summed E-state index contributed by atoms with van der Waals surface area (Å²) in [6.07, 6.45) is -0.716. The van der Waals surface area contributed by atoms with Crippen molar-refractivity contribution in [3.8, 4) is 0 Å². The van der Waals surface area contributed by atoms with Gasteiger partial charge in [-0.05, 0) is 101 Å². The number of anilines is 1. The predicted molar refractivity (Wildman–Crippen MR) is 197 cm³/mol. The smallest absolute Gasteiger partial charge is 0.416 e. The highest BCUT2D eigenvalue weighted by molar-refractivity contribution is 6.10. The third-order valence-corrected chi connectivity index (χ3v) is 11.4. The van der Waals surface area contributed by atoms with Crippen molar-refractivity contribution < 1.29 is 32.2 Å². The first-order valence-electron chi connectivity index (χ1n) is 18.9. The molecule has 0 saturated carbocycles. The van der Waals surface area contributed by atoms with Crippen molar-refractivity contribution in [2.75, 3.05) is 57.4 Å². The average Bonchev–Trinajstić information content (AvgIpc) is 3.63. The zero-order chi connectivity index (χ0) is 38.6. The van der Waals surface area contributed by atoms with Crippen LogP contribution in [0.25, 0.3) is 0 Å². The first kappa shape index (κ1) is 38.3. The monoisotopic (exact) mass is 751 g/mol. The Morgan fingerprint density at radius 1 is 1.07 bits per heavy atom. The van der Waals surface area contributed by atoms with Gasteiger partial charge >= 0.3 is 12.3 Å². The molecule has 4 aliphatic rings. The number of ether oxygens (including phenoxy) is 2. The maximum Gasteiger partial charge on any atom is 0.416 e. The predicted octanol–water partition coefficient (Wildman–Crippen LogP) is 6.05. The number of piperazine rings is 1. The maximum atomic E-state index is 14.7. The van der Waals surface area contributed by atoms with Crippen molar-refractivity contribution in [1.29, 1.82) is 0 Å². The average molecular weight is 752 g/mol. The van der Waals surface area contributed by atoms with Crippen molar-refractivity contribution in [1.82, 2.24) is 29.5 Å². The van der Waals surface area contributed by atoms with Crippen molar-refractivity contribution in [2.24, 2.45) is 13.0 Å². The molecule has 11 nitrogen and oxygen atoms in total. The normalized spacial score (nSPS) is 21.9. The van der Waals surface area contributed by atoms with Gasteiger partial charge in [0.25, 0.3) is 5.91 Å². The molecule has 3 fully saturated rings. The molecule has 1 aromatic heterocycles. The summed E-state index contributed by atoms with van der Waals surface area (Å²) in [7, 11) is 1.88. The fourth-order valence-electron chi connectivity index (χ4n) is 8.54. The molecule has 292 valence electrons. The van der Waals surface area contributed by atoms with Crippen molar-refractivity contribution >= 4 is 17.7 Å². The van der Waals surface area contributed by atoms with Gasteiger partial charge in [-0.2, -0.15) is 13.2 Å². The zero-order valence-corrected chi connectivity index (χ0v) is 32.2. The SMILES string of the molecule is Cn1cnnc1CC1(c2cccc(N3Cc4c(cc(CN5CCC[C@H](CN6CCN(C(=O)OC(C)(C)C)CC6(C)C)C5)cc4C(F)(F)F)C3=O)c2)COC1. The van der Waals surface area contributed by atoms with E-state index >= 15 is 0 Å². The fraction of sp³-hybridized carbons (Fsp3) is 0.600. The molecule has 0 radical (unpaired) electrons. The number of hydrogen-bond donors (Lipinski definition) is 0. The van der Waals surface area contributed by atoms with E-state index in [1.807, 2.05) is 50.6 Å². The number of aromatic nitrogens is 3. The molecule has 5 heterocycles. The zero-order valence-electron chi connectivity index (χ0n) is 32.2. The summed E-state index contributed by atoms with van der Waals surface area (Å²) in [4.78, 5) is 34.7. The van der Waals surface area contributed by atoms with Crippen LogP contribution >= 0.6 is 0 Å². The Kier molecular flexibility index (Phi) is 10.1. The first-order valence-corrected chi connectivity index (χ1v) is 18.9. The summed E-state index contributed by atoms with van der Waals surface area (Å²) in [5.74, 6) is 0.703. The number of piperidine rings is 1. The summed E-state index contributed by atoms with van der Waals surface area (Å²) >= 11 is 0. The van der Waals surface area contributed by atoms with E-state index in [2.05, 4.69) is 33.8 Å². The quantitative estimate of drug-likeness (QED) is 0.275. The molecule has 0 spiro atoms. The third kappa shape index (κ3) is 7.88. The molecule has 2 aromatic carbocycles. The van der Waals surface area contributed by atoms with Crippen molar-refractivity contribution in [3.63, 3.8) is 0 Å². The van der Waals surface area contributed by atoms with E-state index in [1.165, 1.54) is 11.0 Å². The molecule has 2 amide bonds. The van der Waals surface area contributed by atoms with Crippen LogP contribution in [-0.2, 0) is 47.6 Å². The lowest BCUT2D eigenvalue weighted by molar-refractivity contribution is -0.138. The minimum absolute atomic E-state index is 0.0201. The second-order valence-electron chi connectivity index (χ2n) is 17.3. The van der Waals surface area contributed by atoms with Crippen LogP contribution < -0.4 is 4.90 Å². The van der Waals surface area contributed by atoms with Gasteiger partial charge in [-0.1, -0.05) is 12.1 Å².